The summed E-state index contributed by atoms with van der Waals surface area (Å²) < 4.78 is 9.21. The molecule has 1 aromatic carbocycles. The van der Waals surface area contributed by atoms with Crippen LogP contribution in [-0.4, -0.2) is 41.4 Å². The second-order valence-corrected chi connectivity index (χ2v) is 3.61. The van der Waals surface area contributed by atoms with Crippen LogP contribution in [0.15, 0.2) is 42.3 Å². The van der Waals surface area contributed by atoms with Crippen molar-refractivity contribution in [2.24, 2.45) is 0 Å². The number of hydrogen-bond donors (Lipinski definition) is 1. The zero-order valence-electron chi connectivity index (χ0n) is 10.9. The Bertz CT molecular complexity index is 272. The van der Waals surface area contributed by atoms with Crippen LogP contribution in [0.2, 0.25) is 0 Å². The summed E-state index contributed by atoms with van der Waals surface area (Å²) in [4.78, 5) is 0. The molecule has 4 nitrogen and oxygen atoms in total. The summed E-state index contributed by atoms with van der Waals surface area (Å²) in [6.07, 6.45) is 1.09. The molecule has 97 valence electrons. The zero-order valence-corrected chi connectivity index (χ0v) is 13.7. The van der Waals surface area contributed by atoms with Gasteiger partial charge in [-0.1, -0.05) is 48.9 Å². The van der Waals surface area contributed by atoms with Crippen LogP contribution < -0.4 is 0 Å². The Kier molecular flexibility index (Phi) is 19.5. The average molecular weight is 281 g/mol. The van der Waals surface area contributed by atoms with Crippen LogP contribution in [0.3, 0.4) is 0 Å². The number of rotatable bonds is 7. The van der Waals surface area contributed by atoms with Gasteiger partial charge >= 0.3 is 0 Å². The number of ether oxygens (including phenoxy) is 1. The topological polar surface area (TPSA) is 47.9 Å². The van der Waals surface area contributed by atoms with Gasteiger partial charge in [0, 0.05) is 36.2 Å². The summed E-state index contributed by atoms with van der Waals surface area (Å²) in [5.41, 5.74) is 1.25. The molecule has 0 aliphatic carbocycles. The summed E-state index contributed by atoms with van der Waals surface area (Å²) in [5.74, 6) is 0. The molecule has 0 atom stereocenters. The van der Waals surface area contributed by atoms with Gasteiger partial charge in [0.15, 0.2) is 0 Å². The molecule has 6 heteroatoms. The molecule has 0 aromatic heterocycles. The van der Waals surface area contributed by atoms with Gasteiger partial charge in [-0.2, -0.15) is 0 Å². The second kappa shape index (κ2) is 17.2. The molecule has 0 aliphatic heterocycles. The number of hydrogen-bond acceptors (Lipinski definition) is 5. The molecule has 0 saturated heterocycles. The Hall–Kier alpha value is 0.150. The standard InChI is InChI=1S/C10H14O.C2H4O3S.Na/c1-2-8-11-9-10-6-4-3-5-7-10;1-2-6-5-4-3;/h3-7H,2,8-9H2,1H3;2-3H,1H2;. The van der Waals surface area contributed by atoms with Gasteiger partial charge in [0.2, 0.25) is 0 Å². The molecule has 0 fully saturated rings. The average Bonchev–Trinajstić information content (AvgIpc) is 2.39. The van der Waals surface area contributed by atoms with E-state index in [0.29, 0.717) is 0 Å². The van der Waals surface area contributed by atoms with Crippen molar-refractivity contribution in [1.29, 1.82) is 0 Å². The third kappa shape index (κ3) is 14.2. The minimum absolute atomic E-state index is 0. The monoisotopic (exact) mass is 281 g/mol. The third-order valence-electron chi connectivity index (χ3n) is 1.60. The molecule has 0 aliphatic rings. The molecule has 0 bridgehead atoms. The van der Waals surface area contributed by atoms with Crippen LogP contribution in [0.1, 0.15) is 18.9 Å². The normalized spacial score (nSPS) is 8.78. The van der Waals surface area contributed by atoms with Gasteiger partial charge in [0.1, 0.15) is 0 Å². The molecule has 18 heavy (non-hydrogen) atoms. The van der Waals surface area contributed by atoms with Gasteiger partial charge in [0.25, 0.3) is 0 Å². The van der Waals surface area contributed by atoms with E-state index in [-0.39, 0.29) is 29.6 Å². The second-order valence-electron chi connectivity index (χ2n) is 2.94. The molecule has 0 amide bonds. The van der Waals surface area contributed by atoms with E-state index in [2.05, 4.69) is 35.0 Å². The smallest absolute Gasteiger partial charge is 0.0716 e. The Morgan fingerprint density at radius 3 is 2.44 bits per heavy atom. The van der Waals surface area contributed by atoms with Crippen LogP contribution >= 0.6 is 12.0 Å². The first-order valence-electron chi connectivity index (χ1n) is 5.21. The first-order valence-corrected chi connectivity index (χ1v) is 6.01. The van der Waals surface area contributed by atoms with E-state index in [1.54, 1.807) is 0 Å². The van der Waals surface area contributed by atoms with Crippen molar-refractivity contribution in [1.82, 2.24) is 0 Å². The van der Waals surface area contributed by atoms with Gasteiger partial charge in [0.05, 0.1) is 18.6 Å². The molecule has 1 radical (unpaired) electrons. The maximum Gasteiger partial charge on any atom is 0.0716 e. The molecule has 0 heterocycles. The molecular formula is C12H18NaO4S. The fourth-order valence-electron chi connectivity index (χ4n) is 0.954. The summed E-state index contributed by atoms with van der Waals surface area (Å²) in [5, 5.41) is 12.0. The van der Waals surface area contributed by atoms with E-state index in [1.165, 1.54) is 11.0 Å². The zero-order chi connectivity index (χ0) is 12.8. The Labute approximate surface area is 135 Å². The van der Waals surface area contributed by atoms with Crippen LogP contribution in [0.4, 0.5) is 0 Å². The van der Waals surface area contributed by atoms with E-state index >= 15 is 0 Å². The molecule has 0 saturated carbocycles. The first kappa shape index (κ1) is 20.5. The van der Waals surface area contributed by atoms with Crippen LogP contribution in [0.5, 0.6) is 0 Å². The van der Waals surface area contributed by atoms with Crippen molar-refractivity contribution < 1.29 is 19.4 Å². The molecule has 0 unspecified atom stereocenters. The fraction of sp³-hybridized carbons (Fsp3) is 0.333. The minimum atomic E-state index is 0. The molecule has 1 rings (SSSR count). The number of benzene rings is 1. The van der Waals surface area contributed by atoms with E-state index in [1.807, 2.05) is 18.2 Å². The van der Waals surface area contributed by atoms with Crippen LogP contribution in [0.25, 0.3) is 0 Å². The van der Waals surface area contributed by atoms with Crippen LogP contribution in [0, 0.1) is 0 Å². The van der Waals surface area contributed by atoms with Gasteiger partial charge < -0.3 is 4.74 Å². The maximum absolute atomic E-state index is 7.41. The maximum atomic E-state index is 7.41. The summed E-state index contributed by atoms with van der Waals surface area (Å²) in [6.45, 7) is 6.96. The predicted octanol–water partition coefficient (Wildman–Crippen LogP) is 3.43. The van der Waals surface area contributed by atoms with Gasteiger partial charge in [-0.05, 0) is 17.4 Å². The molecule has 1 aromatic rings. The SMILES string of the molecule is C=CSOOO.CCCOCc1ccccc1.[Na]. The Morgan fingerprint density at radius 1 is 1.33 bits per heavy atom. The molecule has 0 spiro atoms. The van der Waals surface area contributed by atoms with Crippen molar-refractivity contribution in [3.05, 3.63) is 47.9 Å². The Morgan fingerprint density at radius 2 is 2.00 bits per heavy atom. The van der Waals surface area contributed by atoms with Crippen molar-refractivity contribution in [3.63, 3.8) is 0 Å². The fourth-order valence-corrected chi connectivity index (χ4v) is 1.04. The molecular weight excluding hydrogens is 263 g/mol. The van der Waals surface area contributed by atoms with Gasteiger partial charge in [-0.25, -0.2) is 5.26 Å². The third-order valence-corrected chi connectivity index (χ3v) is 1.87. The largest absolute Gasteiger partial charge is 0.377 e. The van der Waals surface area contributed by atoms with E-state index in [4.69, 9.17) is 9.99 Å². The van der Waals surface area contributed by atoms with Gasteiger partial charge in [-0.15, -0.1) is 4.33 Å². The first-order chi connectivity index (χ1) is 8.35. The van der Waals surface area contributed by atoms with Crippen molar-refractivity contribution in [2.75, 3.05) is 6.61 Å². The molecule has 1 N–H and O–H groups in total. The van der Waals surface area contributed by atoms with E-state index in [9.17, 15) is 0 Å². The van der Waals surface area contributed by atoms with Crippen molar-refractivity contribution >= 4 is 41.6 Å². The van der Waals surface area contributed by atoms with E-state index < -0.39 is 0 Å². The summed E-state index contributed by atoms with van der Waals surface area (Å²) in [7, 11) is 0. The summed E-state index contributed by atoms with van der Waals surface area (Å²) >= 11 is 0.800. The van der Waals surface area contributed by atoms with Gasteiger partial charge in [-0.3, -0.25) is 0 Å². The van der Waals surface area contributed by atoms with Crippen LogP contribution in [-0.2, 0) is 20.7 Å². The Balaban J connectivity index is 0. The van der Waals surface area contributed by atoms with Crippen molar-refractivity contribution in [2.45, 2.75) is 20.0 Å². The van der Waals surface area contributed by atoms with Crippen molar-refractivity contribution in [3.8, 4) is 0 Å². The predicted molar refractivity (Wildman–Crippen MR) is 74.7 cm³/mol. The minimum Gasteiger partial charge on any atom is -0.377 e. The quantitative estimate of drug-likeness (QED) is 0.273. The summed E-state index contributed by atoms with van der Waals surface area (Å²) in [6, 6.07) is 10.2. The van der Waals surface area contributed by atoms with E-state index in [0.717, 1.165) is 31.7 Å².